The van der Waals surface area contributed by atoms with Crippen LogP contribution in [0.2, 0.25) is 0 Å². The van der Waals surface area contributed by atoms with Crippen LogP contribution in [-0.2, 0) is 20.8 Å². The fraction of sp³-hybridized carbons (Fsp3) is 0.500. The molecule has 0 fully saturated rings. The summed E-state index contributed by atoms with van der Waals surface area (Å²) in [6, 6.07) is 0. The van der Waals surface area contributed by atoms with Crippen molar-refractivity contribution in [3.8, 4) is 0 Å². The molecule has 14 heteroatoms. The molecule has 186 valence electrons. The second kappa shape index (κ2) is 12.7. The maximum Gasteiger partial charge on any atom is 0.343 e. The Morgan fingerprint density at radius 1 is 1.26 bits per heavy atom. The molecule has 0 spiro atoms. The number of hydrogen-bond acceptors (Lipinski definition) is 11. The van der Waals surface area contributed by atoms with Crippen LogP contribution >= 0.6 is 11.8 Å². The molecule has 0 unspecified atom stereocenters. The number of carbonyl (C=O) groups is 2. The number of esters is 1. The topological polar surface area (TPSA) is 189 Å². The number of aromatic amines is 1. The molecule has 5 N–H and O–H groups in total. The van der Waals surface area contributed by atoms with Crippen LogP contribution < -0.4 is 27.6 Å². The summed E-state index contributed by atoms with van der Waals surface area (Å²) in [5, 5.41) is 0.153. The van der Waals surface area contributed by atoms with E-state index in [1.807, 2.05) is 6.92 Å². The Labute approximate surface area is 199 Å². The van der Waals surface area contributed by atoms with Crippen molar-refractivity contribution in [3.63, 3.8) is 0 Å². The number of nitrogens with one attached hydrogen (secondary N) is 1. The molecule has 2 aromatic rings. The molecule has 0 aromatic carbocycles. The average molecular weight is 496 g/mol. The SMILES string of the molecule is CCCCn1c(N)c(N(CCOC)C(=O)CSc2ncc(C(=O)OCC)c(N)n2)c(=O)[nH]c1=O. The molecule has 2 rings (SSSR count). The van der Waals surface area contributed by atoms with E-state index >= 15 is 0 Å². The van der Waals surface area contributed by atoms with Gasteiger partial charge in [0.05, 0.1) is 19.0 Å². The van der Waals surface area contributed by atoms with E-state index in [1.54, 1.807) is 6.92 Å². The standard InChI is InChI=1S/C20H29N7O6S/c1-4-6-7-27-16(22)14(17(29)25-20(27)31)26(8-9-32-3)13(28)11-34-19-23-10-12(15(21)24-19)18(30)33-5-2/h10H,4-9,11,22H2,1-3H3,(H2,21,23,24)(H,25,29,31). The van der Waals surface area contributed by atoms with Crippen LogP contribution in [0.25, 0.3) is 0 Å². The minimum Gasteiger partial charge on any atom is -0.462 e. The Morgan fingerprint density at radius 3 is 2.62 bits per heavy atom. The zero-order chi connectivity index (χ0) is 25.3. The fourth-order valence-electron chi connectivity index (χ4n) is 2.94. The zero-order valence-corrected chi connectivity index (χ0v) is 20.1. The van der Waals surface area contributed by atoms with Gasteiger partial charge in [-0.05, 0) is 13.3 Å². The molecular weight excluding hydrogens is 466 g/mol. The summed E-state index contributed by atoms with van der Waals surface area (Å²) in [4.78, 5) is 61.2. The number of anilines is 3. The van der Waals surface area contributed by atoms with Gasteiger partial charge in [0.1, 0.15) is 17.2 Å². The molecule has 2 aromatic heterocycles. The normalized spacial score (nSPS) is 10.8. The maximum absolute atomic E-state index is 13.1. The van der Waals surface area contributed by atoms with Gasteiger partial charge in [-0.25, -0.2) is 19.6 Å². The first-order valence-electron chi connectivity index (χ1n) is 10.6. The summed E-state index contributed by atoms with van der Waals surface area (Å²) < 4.78 is 11.2. The van der Waals surface area contributed by atoms with Crippen LogP contribution in [0.1, 0.15) is 37.0 Å². The second-order valence-electron chi connectivity index (χ2n) is 7.00. The highest BCUT2D eigenvalue weighted by Gasteiger charge is 2.24. The molecule has 0 aliphatic heterocycles. The first kappa shape index (κ1) is 26.9. The zero-order valence-electron chi connectivity index (χ0n) is 19.3. The quantitative estimate of drug-likeness (QED) is 0.208. The van der Waals surface area contributed by atoms with E-state index in [0.717, 1.165) is 18.2 Å². The molecular formula is C20H29N7O6S. The summed E-state index contributed by atoms with van der Waals surface area (Å²) in [5.41, 5.74) is 10.4. The summed E-state index contributed by atoms with van der Waals surface area (Å²) in [7, 11) is 1.45. The summed E-state index contributed by atoms with van der Waals surface area (Å²) >= 11 is 0.958. The Balaban J connectivity index is 2.29. The van der Waals surface area contributed by atoms with Crippen molar-refractivity contribution in [1.82, 2.24) is 19.5 Å². The number of rotatable bonds is 12. The Hall–Kier alpha value is -3.39. The van der Waals surface area contributed by atoms with Gasteiger partial charge in [0, 0.05) is 26.4 Å². The average Bonchev–Trinajstić information content (AvgIpc) is 2.79. The van der Waals surface area contributed by atoms with Gasteiger partial charge in [0.15, 0.2) is 10.8 Å². The number of nitrogens with zero attached hydrogens (tertiary/aromatic N) is 4. The molecule has 0 radical (unpaired) electrons. The lowest BCUT2D eigenvalue weighted by Gasteiger charge is -2.24. The van der Waals surface area contributed by atoms with Crippen LogP contribution in [0.5, 0.6) is 0 Å². The number of thioether (sulfide) groups is 1. The number of H-pyrrole nitrogens is 1. The third-order valence-corrected chi connectivity index (χ3v) is 5.50. The van der Waals surface area contributed by atoms with Crippen LogP contribution in [-0.4, -0.2) is 64.0 Å². The molecule has 0 aliphatic rings. The molecule has 34 heavy (non-hydrogen) atoms. The molecule has 13 nitrogen and oxygen atoms in total. The van der Waals surface area contributed by atoms with E-state index in [1.165, 1.54) is 22.8 Å². The van der Waals surface area contributed by atoms with Crippen molar-refractivity contribution in [3.05, 3.63) is 32.6 Å². The third kappa shape index (κ3) is 6.57. The highest BCUT2D eigenvalue weighted by molar-refractivity contribution is 7.99. The Bertz CT molecular complexity index is 1130. The lowest BCUT2D eigenvalue weighted by atomic mass is 10.3. The summed E-state index contributed by atoms with van der Waals surface area (Å²) in [5.74, 6) is -1.49. The highest BCUT2D eigenvalue weighted by Crippen LogP contribution is 2.21. The Morgan fingerprint density at radius 2 is 2.00 bits per heavy atom. The van der Waals surface area contributed by atoms with Gasteiger partial charge in [0.25, 0.3) is 5.56 Å². The monoisotopic (exact) mass is 495 g/mol. The maximum atomic E-state index is 13.1. The smallest absolute Gasteiger partial charge is 0.343 e. The van der Waals surface area contributed by atoms with Crippen molar-refractivity contribution >= 4 is 41.0 Å². The molecule has 2 heterocycles. The number of aromatic nitrogens is 4. The Kier molecular flexibility index (Phi) is 10.1. The number of amides is 1. The lowest BCUT2D eigenvalue weighted by Crippen LogP contribution is -2.43. The van der Waals surface area contributed by atoms with Crippen molar-refractivity contribution < 1.29 is 19.1 Å². The van der Waals surface area contributed by atoms with Gasteiger partial charge >= 0.3 is 11.7 Å². The van der Waals surface area contributed by atoms with Crippen LogP contribution in [0.4, 0.5) is 17.3 Å². The van der Waals surface area contributed by atoms with Gasteiger partial charge < -0.3 is 25.8 Å². The van der Waals surface area contributed by atoms with E-state index in [9.17, 15) is 19.2 Å². The molecule has 0 saturated carbocycles. The van der Waals surface area contributed by atoms with Crippen molar-refractivity contribution in [2.45, 2.75) is 38.4 Å². The number of nitrogen functional groups attached to an aromatic ring is 2. The number of carbonyl (C=O) groups excluding carboxylic acids is 2. The summed E-state index contributed by atoms with van der Waals surface area (Å²) in [6.45, 7) is 4.24. The van der Waals surface area contributed by atoms with Gasteiger partial charge in [0.2, 0.25) is 5.91 Å². The molecule has 0 aliphatic carbocycles. The minimum absolute atomic E-state index is 0.0212. The van der Waals surface area contributed by atoms with Crippen molar-refractivity contribution in [2.24, 2.45) is 0 Å². The predicted molar refractivity (Wildman–Crippen MR) is 128 cm³/mol. The molecule has 0 atom stereocenters. The summed E-state index contributed by atoms with van der Waals surface area (Å²) in [6.07, 6.45) is 2.70. The van der Waals surface area contributed by atoms with Crippen LogP contribution in [0.3, 0.4) is 0 Å². The second-order valence-corrected chi connectivity index (χ2v) is 7.94. The van der Waals surface area contributed by atoms with Gasteiger partial charge in [-0.3, -0.25) is 19.1 Å². The number of nitrogens with two attached hydrogens (primary N) is 2. The molecule has 1 amide bonds. The largest absolute Gasteiger partial charge is 0.462 e. The van der Waals surface area contributed by atoms with E-state index in [4.69, 9.17) is 20.9 Å². The van der Waals surface area contributed by atoms with Crippen LogP contribution in [0.15, 0.2) is 20.9 Å². The first-order chi connectivity index (χ1) is 16.2. The number of hydrogen-bond donors (Lipinski definition) is 3. The lowest BCUT2D eigenvalue weighted by molar-refractivity contribution is -0.116. The number of methoxy groups -OCH3 is 1. The minimum atomic E-state index is -0.774. The fourth-order valence-corrected chi connectivity index (χ4v) is 3.64. The van der Waals surface area contributed by atoms with Gasteiger partial charge in [-0.1, -0.05) is 25.1 Å². The molecule has 0 bridgehead atoms. The van der Waals surface area contributed by atoms with Gasteiger partial charge in [-0.2, -0.15) is 0 Å². The van der Waals surface area contributed by atoms with E-state index in [-0.39, 0.29) is 53.6 Å². The molecule has 0 saturated heterocycles. The van der Waals surface area contributed by atoms with Gasteiger partial charge in [-0.15, -0.1) is 0 Å². The number of unbranched alkanes of at least 4 members (excludes halogenated alkanes) is 1. The van der Waals surface area contributed by atoms with Crippen molar-refractivity contribution in [2.75, 3.05) is 49.0 Å². The van der Waals surface area contributed by atoms with E-state index in [0.29, 0.717) is 13.0 Å². The van der Waals surface area contributed by atoms with Crippen LogP contribution in [0, 0.1) is 0 Å². The predicted octanol–water partition coefficient (Wildman–Crippen LogP) is 0.240. The van der Waals surface area contributed by atoms with E-state index < -0.39 is 23.1 Å². The third-order valence-electron chi connectivity index (χ3n) is 4.66. The van der Waals surface area contributed by atoms with Crippen molar-refractivity contribution in [1.29, 1.82) is 0 Å². The first-order valence-corrected chi connectivity index (χ1v) is 11.6. The van der Waals surface area contributed by atoms with E-state index in [2.05, 4.69) is 15.0 Å². The number of ether oxygens (including phenoxy) is 2. The highest BCUT2D eigenvalue weighted by atomic mass is 32.2.